The maximum atomic E-state index is 14.3. The summed E-state index contributed by atoms with van der Waals surface area (Å²) in [6.45, 7) is 6.65. The molecule has 0 saturated carbocycles. The number of alkyl halides is 3. The van der Waals surface area contributed by atoms with Gasteiger partial charge in [-0.2, -0.15) is 18.4 Å². The lowest BCUT2D eigenvalue weighted by Crippen LogP contribution is -2.44. The van der Waals surface area contributed by atoms with Gasteiger partial charge in [-0.05, 0) is 63.6 Å². The van der Waals surface area contributed by atoms with Gasteiger partial charge in [-0.3, -0.25) is 9.10 Å². The fourth-order valence-corrected chi connectivity index (χ4v) is 5.75. The number of nitrogens with zero attached hydrogens (tertiary/aromatic N) is 3. The molecule has 1 amide bonds. The van der Waals surface area contributed by atoms with Gasteiger partial charge in [0.25, 0.3) is 0 Å². The van der Waals surface area contributed by atoms with Gasteiger partial charge >= 0.3 is 18.2 Å². The molecule has 2 aromatic carbocycles. The van der Waals surface area contributed by atoms with E-state index in [9.17, 15) is 31.2 Å². The van der Waals surface area contributed by atoms with E-state index in [1.165, 1.54) is 30.0 Å². The summed E-state index contributed by atoms with van der Waals surface area (Å²) >= 11 is 0. The van der Waals surface area contributed by atoms with E-state index >= 15 is 0 Å². The van der Waals surface area contributed by atoms with Crippen molar-refractivity contribution in [3.63, 3.8) is 0 Å². The zero-order chi connectivity index (χ0) is 33.4. The van der Waals surface area contributed by atoms with Gasteiger partial charge in [0, 0.05) is 25.9 Å². The number of amides is 1. The number of anilines is 1. The lowest BCUT2D eigenvalue weighted by atomic mass is 10.1. The van der Waals surface area contributed by atoms with Crippen LogP contribution in [-0.2, 0) is 30.5 Å². The predicted molar refractivity (Wildman–Crippen MR) is 161 cm³/mol. The highest BCUT2D eigenvalue weighted by atomic mass is 32.2. The Bertz CT molecular complexity index is 1540. The van der Waals surface area contributed by atoms with Crippen molar-refractivity contribution < 1.29 is 45.4 Å². The Kier molecular flexibility index (Phi) is 11.5. The zero-order valence-corrected chi connectivity index (χ0v) is 26.3. The maximum Gasteiger partial charge on any atom is 0.420 e. The van der Waals surface area contributed by atoms with Crippen molar-refractivity contribution in [3.8, 4) is 11.8 Å². The van der Waals surface area contributed by atoms with Crippen LogP contribution in [0.25, 0.3) is 6.08 Å². The van der Waals surface area contributed by atoms with Crippen LogP contribution in [0.2, 0.25) is 0 Å². The molecule has 10 nitrogen and oxygen atoms in total. The maximum absolute atomic E-state index is 14.3. The zero-order valence-electron chi connectivity index (χ0n) is 25.5. The van der Waals surface area contributed by atoms with E-state index in [-0.39, 0.29) is 38.2 Å². The van der Waals surface area contributed by atoms with E-state index < -0.39 is 63.6 Å². The molecule has 14 heteroatoms. The second kappa shape index (κ2) is 14.7. The smallest absolute Gasteiger partial charge is 0.420 e. The van der Waals surface area contributed by atoms with Crippen LogP contribution in [0.15, 0.2) is 48.5 Å². The third-order valence-corrected chi connectivity index (χ3v) is 8.11. The molecule has 244 valence electrons. The summed E-state index contributed by atoms with van der Waals surface area (Å²) in [4.78, 5) is 25.9. The second-order valence-electron chi connectivity index (χ2n) is 11.2. The van der Waals surface area contributed by atoms with Gasteiger partial charge in [0.2, 0.25) is 10.0 Å². The standard InChI is InChI=1S/C31H36F3N3O7S/c1-5-42-28(38)21-45(40,41)37(15-7-10-22-8-6-9-23(18-22)20-35)24-11-12-27(26(19-24)31(32,33)34)43-25-13-16-36(17-14-25)29(39)44-30(2,3)4/h6-12,18-19,25H,5,13-17,21H2,1-4H3/b10-7+. The van der Waals surface area contributed by atoms with Gasteiger partial charge in [0.15, 0.2) is 5.75 Å². The average Bonchev–Trinajstić information content (AvgIpc) is 2.94. The molecular formula is C31H36F3N3O7S. The lowest BCUT2D eigenvalue weighted by molar-refractivity contribution is -0.140. The fraction of sp³-hybridized carbons (Fsp3) is 0.452. The fourth-order valence-electron chi connectivity index (χ4n) is 4.47. The van der Waals surface area contributed by atoms with Crippen molar-refractivity contribution in [2.75, 3.05) is 36.3 Å². The van der Waals surface area contributed by atoms with Crippen LogP contribution in [0.5, 0.6) is 5.75 Å². The molecule has 1 fully saturated rings. The number of esters is 1. The molecule has 1 aliphatic heterocycles. The molecule has 0 atom stereocenters. The number of nitriles is 1. The van der Waals surface area contributed by atoms with E-state index in [1.807, 2.05) is 6.07 Å². The van der Waals surface area contributed by atoms with Gasteiger partial charge in [-0.15, -0.1) is 0 Å². The first-order valence-corrected chi connectivity index (χ1v) is 15.8. The molecule has 0 N–H and O–H groups in total. The highest BCUT2D eigenvalue weighted by molar-refractivity contribution is 7.93. The van der Waals surface area contributed by atoms with Crippen LogP contribution in [-0.4, -0.2) is 69.1 Å². The lowest BCUT2D eigenvalue weighted by Gasteiger charge is -2.34. The third-order valence-electron chi connectivity index (χ3n) is 6.48. The predicted octanol–water partition coefficient (Wildman–Crippen LogP) is 5.77. The van der Waals surface area contributed by atoms with Crippen LogP contribution in [0.3, 0.4) is 0 Å². The molecular weight excluding hydrogens is 615 g/mol. The van der Waals surface area contributed by atoms with Crippen molar-refractivity contribution in [1.82, 2.24) is 4.90 Å². The molecule has 0 radical (unpaired) electrons. The Labute approximate surface area is 261 Å². The van der Waals surface area contributed by atoms with Gasteiger partial charge in [-0.1, -0.05) is 24.3 Å². The van der Waals surface area contributed by atoms with Crippen molar-refractivity contribution >= 4 is 33.8 Å². The Morgan fingerprint density at radius 1 is 1.11 bits per heavy atom. The molecule has 0 aromatic heterocycles. The first-order valence-electron chi connectivity index (χ1n) is 14.2. The number of carbonyl (C=O) groups excluding carboxylic acids is 2. The molecule has 0 spiro atoms. The molecule has 1 saturated heterocycles. The van der Waals surface area contributed by atoms with Crippen molar-refractivity contribution in [2.45, 2.75) is 58.4 Å². The molecule has 45 heavy (non-hydrogen) atoms. The first kappa shape index (κ1) is 35.2. The summed E-state index contributed by atoms with van der Waals surface area (Å²) < 4.78 is 86.0. The molecule has 2 aromatic rings. The normalized spacial score (nSPS) is 14.6. The van der Waals surface area contributed by atoms with Crippen LogP contribution < -0.4 is 9.04 Å². The van der Waals surface area contributed by atoms with E-state index in [4.69, 9.17) is 19.5 Å². The Balaban J connectivity index is 1.88. The van der Waals surface area contributed by atoms with Crippen molar-refractivity contribution in [2.24, 2.45) is 0 Å². The van der Waals surface area contributed by atoms with Crippen molar-refractivity contribution in [1.29, 1.82) is 5.26 Å². The highest BCUT2D eigenvalue weighted by Crippen LogP contribution is 2.40. The van der Waals surface area contributed by atoms with Gasteiger partial charge in [0.1, 0.15) is 17.5 Å². The van der Waals surface area contributed by atoms with Crippen molar-refractivity contribution in [3.05, 3.63) is 65.2 Å². The minimum absolute atomic E-state index is 0.0789. The number of carbonyl (C=O) groups is 2. The summed E-state index contributed by atoms with van der Waals surface area (Å²) in [5.74, 6) is -2.63. The summed E-state index contributed by atoms with van der Waals surface area (Å²) in [5, 5.41) is 9.12. The number of hydrogen-bond donors (Lipinski definition) is 0. The van der Waals surface area contributed by atoms with Gasteiger partial charge in [0.05, 0.1) is 36.0 Å². The molecule has 0 unspecified atom stereocenters. The van der Waals surface area contributed by atoms with Crippen LogP contribution in [0, 0.1) is 11.3 Å². The Morgan fingerprint density at radius 2 is 1.80 bits per heavy atom. The second-order valence-corrected chi connectivity index (χ2v) is 13.1. The van der Waals surface area contributed by atoms with Crippen LogP contribution in [0.4, 0.5) is 23.7 Å². The van der Waals surface area contributed by atoms with Crippen LogP contribution >= 0.6 is 0 Å². The van der Waals surface area contributed by atoms with Gasteiger partial charge in [-0.25, -0.2) is 13.2 Å². The van der Waals surface area contributed by atoms with E-state index in [2.05, 4.69) is 0 Å². The number of piperidine rings is 1. The van der Waals surface area contributed by atoms with E-state index in [0.717, 1.165) is 6.07 Å². The number of hydrogen-bond acceptors (Lipinski definition) is 8. The highest BCUT2D eigenvalue weighted by Gasteiger charge is 2.37. The van der Waals surface area contributed by atoms with Crippen LogP contribution in [0.1, 0.15) is 57.2 Å². The number of sulfonamides is 1. The Hall–Kier alpha value is -4.25. The Morgan fingerprint density at radius 3 is 2.40 bits per heavy atom. The first-order chi connectivity index (χ1) is 21.0. The summed E-state index contributed by atoms with van der Waals surface area (Å²) in [5.41, 5.74) is -1.30. The largest absolute Gasteiger partial charge is 0.490 e. The number of benzene rings is 2. The molecule has 0 aliphatic carbocycles. The van der Waals surface area contributed by atoms with E-state index in [0.29, 0.717) is 21.5 Å². The summed E-state index contributed by atoms with van der Waals surface area (Å²) in [6.07, 6.45) is -2.63. The van der Waals surface area contributed by atoms with E-state index in [1.54, 1.807) is 45.0 Å². The number of likely N-dealkylation sites (tertiary alicyclic amines) is 1. The topological polar surface area (TPSA) is 126 Å². The molecule has 1 heterocycles. The summed E-state index contributed by atoms with van der Waals surface area (Å²) in [6, 6.07) is 11.3. The minimum atomic E-state index is -4.91. The monoisotopic (exact) mass is 651 g/mol. The molecule has 3 rings (SSSR count). The number of halogens is 3. The molecule has 0 bridgehead atoms. The average molecular weight is 652 g/mol. The molecule has 1 aliphatic rings. The quantitative estimate of drug-likeness (QED) is 0.297. The third kappa shape index (κ3) is 10.4. The number of rotatable bonds is 10. The summed E-state index contributed by atoms with van der Waals surface area (Å²) in [7, 11) is -4.50. The van der Waals surface area contributed by atoms with Gasteiger partial charge < -0.3 is 19.1 Å². The minimum Gasteiger partial charge on any atom is -0.490 e. The number of ether oxygens (including phenoxy) is 3. The SMILES string of the molecule is CCOC(=O)CS(=O)(=O)N(C/C=C/c1cccc(C#N)c1)c1ccc(OC2CCN(C(=O)OC(C)(C)C)CC2)c(C(F)(F)F)c1.